The van der Waals surface area contributed by atoms with Gasteiger partial charge in [0, 0.05) is 32.9 Å². The largest absolute Gasteiger partial charge is 0.457 e. The first-order valence-electron chi connectivity index (χ1n) is 11.0. The summed E-state index contributed by atoms with van der Waals surface area (Å²) >= 11 is 12.1. The number of halogens is 2. The Kier molecular flexibility index (Phi) is 6.45. The number of hydrogen-bond donors (Lipinski definition) is 1. The minimum absolute atomic E-state index is 0.299. The molecule has 0 aliphatic heterocycles. The predicted octanol–water partition coefficient (Wildman–Crippen LogP) is 8.28. The van der Waals surface area contributed by atoms with E-state index in [9.17, 15) is 4.79 Å². The Labute approximate surface area is 212 Å². The highest BCUT2D eigenvalue weighted by atomic mass is 35.5. The Morgan fingerprint density at radius 2 is 1.69 bits per heavy atom. The van der Waals surface area contributed by atoms with Gasteiger partial charge in [0.1, 0.15) is 17.0 Å². The molecule has 0 saturated carbocycles. The lowest BCUT2D eigenvalue weighted by Gasteiger charge is -2.01. The summed E-state index contributed by atoms with van der Waals surface area (Å²) < 4.78 is 11.7. The number of nitrogens with one attached hydrogen (secondary N) is 1. The van der Waals surface area contributed by atoms with E-state index in [1.165, 1.54) is 11.6 Å². The number of rotatable bonds is 6. The Bertz CT molecular complexity index is 1530. The number of hydrogen-bond acceptors (Lipinski definition) is 4. The number of benzene rings is 3. The van der Waals surface area contributed by atoms with Gasteiger partial charge < -0.3 is 14.2 Å². The first-order valence-corrected chi connectivity index (χ1v) is 11.8. The highest BCUT2D eigenvalue weighted by Gasteiger charge is 2.10. The molecule has 7 heteroatoms. The zero-order chi connectivity index (χ0) is 24.4. The minimum atomic E-state index is -0.299. The minimum Gasteiger partial charge on any atom is -0.457 e. The van der Waals surface area contributed by atoms with Crippen molar-refractivity contribution in [2.75, 3.05) is 5.32 Å². The van der Waals surface area contributed by atoms with Gasteiger partial charge in [-0.05, 0) is 78.7 Å². The average molecular weight is 503 g/mol. The molecule has 35 heavy (non-hydrogen) atoms. The van der Waals surface area contributed by atoms with E-state index >= 15 is 0 Å². The summed E-state index contributed by atoms with van der Waals surface area (Å²) in [6.07, 6.45) is 3.97. The van der Waals surface area contributed by atoms with Gasteiger partial charge in [-0.1, -0.05) is 42.3 Å². The molecule has 0 radical (unpaired) electrons. The molecule has 0 fully saturated rings. The maximum absolute atomic E-state index is 12.5. The zero-order valence-electron chi connectivity index (χ0n) is 18.7. The summed E-state index contributed by atoms with van der Waals surface area (Å²) in [4.78, 5) is 17.0. The van der Waals surface area contributed by atoms with Crippen molar-refractivity contribution in [2.24, 2.45) is 0 Å². The number of carbonyl (C=O) groups excluding carboxylic acids is 1. The third-order valence-corrected chi connectivity index (χ3v) is 5.87. The van der Waals surface area contributed by atoms with Gasteiger partial charge in [-0.2, -0.15) is 0 Å². The van der Waals surface area contributed by atoms with E-state index in [0.717, 1.165) is 17.5 Å². The van der Waals surface area contributed by atoms with Gasteiger partial charge in [-0.25, -0.2) is 4.98 Å². The van der Waals surface area contributed by atoms with E-state index in [1.807, 2.05) is 12.1 Å². The number of oxazole rings is 1. The van der Waals surface area contributed by atoms with Crippen LogP contribution in [0.3, 0.4) is 0 Å². The van der Waals surface area contributed by atoms with Crippen LogP contribution in [-0.2, 0) is 11.2 Å². The SMILES string of the molecule is CCc1ccc(-c2nc3cc(NC(=O)/C=C/c4ccc(-c5cc(Cl)cc(Cl)c5)o4)ccc3o2)cc1. The topological polar surface area (TPSA) is 68.3 Å². The number of anilines is 1. The van der Waals surface area contributed by atoms with Crippen LogP contribution in [-0.4, -0.2) is 10.9 Å². The number of amides is 1. The molecule has 2 aromatic heterocycles. The molecule has 3 aromatic carbocycles. The molecular weight excluding hydrogens is 483 g/mol. The fraction of sp³-hybridized carbons (Fsp3) is 0.0714. The van der Waals surface area contributed by atoms with Crippen molar-refractivity contribution >= 4 is 52.0 Å². The summed E-state index contributed by atoms with van der Waals surface area (Å²) in [6, 6.07) is 22.2. The third kappa shape index (κ3) is 5.32. The van der Waals surface area contributed by atoms with Crippen molar-refractivity contribution in [3.8, 4) is 22.8 Å². The normalized spacial score (nSPS) is 11.4. The van der Waals surface area contributed by atoms with Gasteiger partial charge in [0.05, 0.1) is 0 Å². The van der Waals surface area contributed by atoms with Crippen molar-refractivity contribution in [1.82, 2.24) is 4.98 Å². The molecule has 1 amide bonds. The Morgan fingerprint density at radius 3 is 2.43 bits per heavy atom. The molecule has 1 N–H and O–H groups in total. The summed E-state index contributed by atoms with van der Waals surface area (Å²) in [7, 11) is 0. The predicted molar refractivity (Wildman–Crippen MR) is 141 cm³/mol. The number of carbonyl (C=O) groups is 1. The Balaban J connectivity index is 1.27. The van der Waals surface area contributed by atoms with Crippen LogP contribution in [0, 0.1) is 0 Å². The van der Waals surface area contributed by atoms with E-state index in [-0.39, 0.29) is 5.91 Å². The number of nitrogens with zero attached hydrogens (tertiary/aromatic N) is 1. The van der Waals surface area contributed by atoms with Crippen molar-refractivity contribution in [2.45, 2.75) is 13.3 Å². The monoisotopic (exact) mass is 502 g/mol. The van der Waals surface area contributed by atoms with Crippen LogP contribution >= 0.6 is 23.2 Å². The number of fused-ring (bicyclic) bond motifs is 1. The Morgan fingerprint density at radius 1 is 0.914 bits per heavy atom. The molecule has 0 spiro atoms. The van der Waals surface area contributed by atoms with E-state index in [0.29, 0.717) is 44.2 Å². The summed E-state index contributed by atoms with van der Waals surface area (Å²) in [6.45, 7) is 2.11. The highest BCUT2D eigenvalue weighted by Crippen LogP contribution is 2.29. The van der Waals surface area contributed by atoms with Crippen LogP contribution in [0.1, 0.15) is 18.2 Å². The second-order valence-corrected chi connectivity index (χ2v) is 8.81. The van der Waals surface area contributed by atoms with Crippen LogP contribution in [0.4, 0.5) is 5.69 Å². The van der Waals surface area contributed by atoms with Crippen LogP contribution in [0.25, 0.3) is 40.0 Å². The lowest BCUT2D eigenvalue weighted by molar-refractivity contribution is -0.111. The number of aromatic nitrogens is 1. The van der Waals surface area contributed by atoms with E-state index in [1.54, 1.807) is 54.6 Å². The van der Waals surface area contributed by atoms with Gasteiger partial charge >= 0.3 is 0 Å². The highest BCUT2D eigenvalue weighted by molar-refractivity contribution is 6.35. The lowest BCUT2D eigenvalue weighted by atomic mass is 10.1. The lowest BCUT2D eigenvalue weighted by Crippen LogP contribution is -2.07. The summed E-state index contributed by atoms with van der Waals surface area (Å²) in [5.41, 5.74) is 4.84. The third-order valence-electron chi connectivity index (χ3n) is 5.44. The quantitative estimate of drug-likeness (QED) is 0.237. The molecule has 0 aliphatic carbocycles. The summed E-state index contributed by atoms with van der Waals surface area (Å²) in [5.74, 6) is 1.37. The standard InChI is InChI=1S/C28H20Cl2N2O3/c1-2-17-3-5-18(6-4-17)28-32-24-16-22(7-10-26(24)35-28)31-27(33)12-9-23-8-11-25(34-23)19-13-20(29)15-21(30)14-19/h3-16H,2H2,1H3,(H,31,33)/b12-9+. The second kappa shape index (κ2) is 9.82. The molecule has 0 unspecified atom stereocenters. The second-order valence-electron chi connectivity index (χ2n) is 7.93. The molecule has 5 aromatic rings. The summed E-state index contributed by atoms with van der Waals surface area (Å²) in [5, 5.41) is 3.88. The van der Waals surface area contributed by atoms with Gasteiger partial charge in [0.25, 0.3) is 0 Å². The Hall–Kier alpha value is -3.80. The van der Waals surface area contributed by atoms with Gasteiger partial charge in [-0.15, -0.1) is 0 Å². The molecule has 5 nitrogen and oxygen atoms in total. The number of furan rings is 1. The van der Waals surface area contributed by atoms with Crippen LogP contribution in [0.5, 0.6) is 0 Å². The van der Waals surface area contributed by atoms with Crippen molar-refractivity contribution in [3.05, 3.63) is 100 Å². The number of aryl methyl sites for hydroxylation is 1. The van der Waals surface area contributed by atoms with Crippen LogP contribution < -0.4 is 5.32 Å². The molecule has 2 heterocycles. The molecular formula is C28H20Cl2N2O3. The maximum atomic E-state index is 12.5. The molecule has 174 valence electrons. The van der Waals surface area contributed by atoms with E-state index in [4.69, 9.17) is 32.0 Å². The fourth-order valence-electron chi connectivity index (χ4n) is 3.65. The zero-order valence-corrected chi connectivity index (χ0v) is 20.2. The first-order chi connectivity index (χ1) is 17.0. The molecule has 0 saturated heterocycles. The average Bonchev–Trinajstić information content (AvgIpc) is 3.49. The van der Waals surface area contributed by atoms with Crippen molar-refractivity contribution in [3.63, 3.8) is 0 Å². The van der Waals surface area contributed by atoms with Gasteiger partial charge in [0.2, 0.25) is 11.8 Å². The van der Waals surface area contributed by atoms with Crippen molar-refractivity contribution < 1.29 is 13.6 Å². The smallest absolute Gasteiger partial charge is 0.248 e. The van der Waals surface area contributed by atoms with Gasteiger partial charge in [-0.3, -0.25) is 4.79 Å². The van der Waals surface area contributed by atoms with E-state index in [2.05, 4.69) is 29.4 Å². The van der Waals surface area contributed by atoms with Crippen LogP contribution in [0.2, 0.25) is 10.0 Å². The fourth-order valence-corrected chi connectivity index (χ4v) is 4.17. The van der Waals surface area contributed by atoms with Gasteiger partial charge in [0.15, 0.2) is 5.58 Å². The molecule has 0 aliphatic rings. The van der Waals surface area contributed by atoms with Crippen molar-refractivity contribution in [1.29, 1.82) is 0 Å². The molecule has 0 bridgehead atoms. The molecule has 0 atom stereocenters. The van der Waals surface area contributed by atoms with Crippen LogP contribution in [0.15, 0.2) is 87.7 Å². The van der Waals surface area contributed by atoms with E-state index < -0.39 is 0 Å². The molecule has 5 rings (SSSR count). The first kappa shape index (κ1) is 23.0. The maximum Gasteiger partial charge on any atom is 0.248 e.